The summed E-state index contributed by atoms with van der Waals surface area (Å²) in [4.78, 5) is 24.4. The number of methoxy groups -OCH3 is 2. The van der Waals surface area contributed by atoms with Gasteiger partial charge in [-0.3, -0.25) is 9.59 Å². The fraction of sp³-hybridized carbons (Fsp3) is 0.273. The molecule has 0 atom stereocenters. The first-order valence-corrected chi connectivity index (χ1v) is 9.93. The molecule has 3 rings (SSSR count). The van der Waals surface area contributed by atoms with Gasteiger partial charge >= 0.3 is 0 Å². The van der Waals surface area contributed by atoms with Crippen LogP contribution in [-0.2, 0) is 9.53 Å². The first kappa shape index (κ1) is 22.5. The Morgan fingerprint density at radius 3 is 2.71 bits per heavy atom. The van der Waals surface area contributed by atoms with Gasteiger partial charge in [0.2, 0.25) is 11.7 Å². The molecule has 0 spiro atoms. The van der Waals surface area contributed by atoms with Crippen molar-refractivity contribution in [2.45, 2.75) is 0 Å². The second-order valence-corrected chi connectivity index (χ2v) is 6.92. The second-order valence-electron chi connectivity index (χ2n) is 6.51. The van der Waals surface area contributed by atoms with E-state index in [4.69, 9.17) is 30.5 Å². The average Bonchev–Trinajstić information content (AvgIpc) is 2.77. The summed E-state index contributed by atoms with van der Waals surface area (Å²) in [6.45, 7) is 1.68. The van der Waals surface area contributed by atoms with Crippen LogP contribution in [0.3, 0.4) is 0 Å². The Morgan fingerprint density at radius 1 is 1.16 bits per heavy atom. The van der Waals surface area contributed by atoms with Crippen LogP contribution < -0.4 is 24.8 Å². The van der Waals surface area contributed by atoms with Gasteiger partial charge in [0.05, 0.1) is 24.3 Å². The number of rotatable bonds is 8. The minimum absolute atomic E-state index is 0.230. The Bertz CT molecular complexity index is 975. The van der Waals surface area contributed by atoms with Crippen molar-refractivity contribution in [1.29, 1.82) is 0 Å². The van der Waals surface area contributed by atoms with Crippen molar-refractivity contribution in [3.63, 3.8) is 0 Å². The summed E-state index contributed by atoms with van der Waals surface area (Å²) >= 11 is 6.19. The van der Waals surface area contributed by atoms with Crippen molar-refractivity contribution < 1.29 is 28.5 Å². The molecule has 0 saturated heterocycles. The molecule has 0 aromatic heterocycles. The predicted molar refractivity (Wildman–Crippen MR) is 117 cm³/mol. The summed E-state index contributed by atoms with van der Waals surface area (Å²) in [6.07, 6.45) is 3.01. The summed E-state index contributed by atoms with van der Waals surface area (Å²) in [5.74, 6) is 0.978. The van der Waals surface area contributed by atoms with E-state index in [0.717, 1.165) is 5.56 Å². The number of anilines is 1. The number of carbonyl (C=O) groups is 2. The molecule has 2 aromatic carbocycles. The van der Waals surface area contributed by atoms with Crippen LogP contribution in [0.15, 0.2) is 36.4 Å². The van der Waals surface area contributed by atoms with Crippen molar-refractivity contribution in [3.05, 3.63) is 52.6 Å². The van der Waals surface area contributed by atoms with Crippen LogP contribution in [0, 0.1) is 0 Å². The maximum absolute atomic E-state index is 12.3. The first-order chi connectivity index (χ1) is 15.0. The standard InChI is InChI=1S/C22H23ClN2O6/c1-28-8-7-24-22(27)16-5-4-15(13-17(16)23)25-20(26)6-3-14-11-18(29-2)21-19(12-14)30-9-10-31-21/h3-6,11-13H,7-10H2,1-2H3,(H,24,27)(H,25,26). The molecule has 0 saturated carbocycles. The molecule has 164 valence electrons. The van der Waals surface area contributed by atoms with Gasteiger partial charge in [0, 0.05) is 25.4 Å². The van der Waals surface area contributed by atoms with Gasteiger partial charge in [-0.2, -0.15) is 0 Å². The Hall–Kier alpha value is -3.23. The fourth-order valence-corrected chi connectivity index (χ4v) is 3.15. The fourth-order valence-electron chi connectivity index (χ4n) is 2.88. The van der Waals surface area contributed by atoms with Crippen LogP contribution in [0.4, 0.5) is 5.69 Å². The number of halogens is 1. The van der Waals surface area contributed by atoms with E-state index in [1.54, 1.807) is 44.6 Å². The van der Waals surface area contributed by atoms with E-state index in [1.807, 2.05) is 0 Å². The zero-order valence-corrected chi connectivity index (χ0v) is 18.0. The largest absolute Gasteiger partial charge is 0.493 e. The van der Waals surface area contributed by atoms with E-state index in [2.05, 4.69) is 10.6 Å². The maximum atomic E-state index is 12.3. The van der Waals surface area contributed by atoms with Crippen molar-refractivity contribution in [2.75, 3.05) is 45.9 Å². The number of benzene rings is 2. The summed E-state index contributed by atoms with van der Waals surface area (Å²) in [5, 5.41) is 5.64. The minimum Gasteiger partial charge on any atom is -0.493 e. The molecule has 0 bridgehead atoms. The number of hydrogen-bond donors (Lipinski definition) is 2. The van der Waals surface area contributed by atoms with Crippen molar-refractivity contribution in [3.8, 4) is 17.2 Å². The lowest BCUT2D eigenvalue weighted by Gasteiger charge is -2.20. The van der Waals surface area contributed by atoms with Crippen LogP contribution in [0.25, 0.3) is 6.08 Å². The zero-order chi connectivity index (χ0) is 22.2. The van der Waals surface area contributed by atoms with Crippen molar-refractivity contribution in [2.24, 2.45) is 0 Å². The van der Waals surface area contributed by atoms with Gasteiger partial charge in [0.15, 0.2) is 11.5 Å². The number of ether oxygens (including phenoxy) is 4. The van der Waals surface area contributed by atoms with Gasteiger partial charge in [0.1, 0.15) is 13.2 Å². The van der Waals surface area contributed by atoms with Gasteiger partial charge in [-0.05, 0) is 42.0 Å². The Labute approximate surface area is 185 Å². The van der Waals surface area contributed by atoms with Crippen molar-refractivity contribution >= 4 is 35.2 Å². The third-order valence-electron chi connectivity index (χ3n) is 4.35. The predicted octanol–water partition coefficient (Wildman–Crippen LogP) is 3.15. The highest BCUT2D eigenvalue weighted by atomic mass is 35.5. The normalized spacial score (nSPS) is 12.5. The van der Waals surface area contributed by atoms with Crippen LogP contribution in [0.5, 0.6) is 17.2 Å². The van der Waals surface area contributed by atoms with E-state index < -0.39 is 0 Å². The molecule has 1 aliphatic rings. The zero-order valence-electron chi connectivity index (χ0n) is 17.2. The molecule has 0 radical (unpaired) electrons. The highest BCUT2D eigenvalue weighted by molar-refractivity contribution is 6.34. The quantitative estimate of drug-likeness (QED) is 0.478. The SMILES string of the molecule is COCCNC(=O)c1ccc(NC(=O)C=Cc2cc(OC)c3c(c2)OCCO3)cc1Cl. The van der Waals surface area contributed by atoms with E-state index >= 15 is 0 Å². The lowest BCUT2D eigenvalue weighted by Crippen LogP contribution is -2.27. The Morgan fingerprint density at radius 2 is 1.97 bits per heavy atom. The molecule has 8 nitrogen and oxygen atoms in total. The highest BCUT2D eigenvalue weighted by Crippen LogP contribution is 2.40. The Kier molecular flexibility index (Phi) is 7.75. The number of nitrogens with one attached hydrogen (secondary N) is 2. The number of fused-ring (bicyclic) bond motifs is 1. The number of amides is 2. The van der Waals surface area contributed by atoms with Gasteiger partial charge in [-0.15, -0.1) is 0 Å². The van der Waals surface area contributed by atoms with Crippen LogP contribution >= 0.6 is 11.6 Å². The molecule has 0 aliphatic carbocycles. The topological polar surface area (TPSA) is 95.1 Å². The third kappa shape index (κ3) is 5.90. The Balaban J connectivity index is 1.65. The number of carbonyl (C=O) groups excluding carboxylic acids is 2. The molecule has 1 aliphatic heterocycles. The summed E-state index contributed by atoms with van der Waals surface area (Å²) < 4.78 is 21.4. The van der Waals surface area contributed by atoms with Crippen molar-refractivity contribution in [1.82, 2.24) is 5.32 Å². The lowest BCUT2D eigenvalue weighted by atomic mass is 10.1. The summed E-state index contributed by atoms with van der Waals surface area (Å²) in [5.41, 5.74) is 1.50. The minimum atomic E-state index is -0.359. The molecule has 0 unspecified atom stereocenters. The molecular formula is C22H23ClN2O6. The summed E-state index contributed by atoms with van der Waals surface area (Å²) in [7, 11) is 3.09. The first-order valence-electron chi connectivity index (χ1n) is 9.55. The van der Waals surface area contributed by atoms with E-state index in [-0.39, 0.29) is 16.8 Å². The van der Waals surface area contributed by atoms with Crippen LogP contribution in [0.1, 0.15) is 15.9 Å². The molecule has 31 heavy (non-hydrogen) atoms. The van der Waals surface area contributed by atoms with Gasteiger partial charge < -0.3 is 29.6 Å². The highest BCUT2D eigenvalue weighted by Gasteiger charge is 2.18. The number of hydrogen-bond acceptors (Lipinski definition) is 6. The van der Waals surface area contributed by atoms with Crippen LogP contribution in [0.2, 0.25) is 5.02 Å². The smallest absolute Gasteiger partial charge is 0.252 e. The van der Waals surface area contributed by atoms with Crippen LogP contribution in [-0.4, -0.2) is 52.4 Å². The molecule has 2 N–H and O–H groups in total. The van der Waals surface area contributed by atoms with E-state index in [9.17, 15) is 9.59 Å². The van der Waals surface area contributed by atoms with E-state index in [1.165, 1.54) is 12.1 Å². The van der Waals surface area contributed by atoms with Gasteiger partial charge in [0.25, 0.3) is 5.91 Å². The molecule has 9 heteroatoms. The second kappa shape index (κ2) is 10.7. The lowest BCUT2D eigenvalue weighted by molar-refractivity contribution is -0.111. The molecule has 2 aromatic rings. The molecule has 1 heterocycles. The third-order valence-corrected chi connectivity index (χ3v) is 4.66. The molecular weight excluding hydrogens is 424 g/mol. The van der Waals surface area contributed by atoms with E-state index in [0.29, 0.717) is 54.9 Å². The maximum Gasteiger partial charge on any atom is 0.252 e. The van der Waals surface area contributed by atoms with Gasteiger partial charge in [-0.1, -0.05) is 11.6 Å². The average molecular weight is 447 g/mol. The van der Waals surface area contributed by atoms with Gasteiger partial charge in [-0.25, -0.2) is 0 Å². The molecule has 0 fully saturated rings. The molecule has 2 amide bonds. The monoisotopic (exact) mass is 446 g/mol. The summed E-state index contributed by atoms with van der Waals surface area (Å²) in [6, 6.07) is 8.21.